The zero-order valence-corrected chi connectivity index (χ0v) is 13.2. The SMILES string of the molecule is O=C(c1ccc(Cl)cc1Cl)c1c[nH]c2cccc(Br)c12. The Balaban J connectivity index is 2.18. The van der Waals surface area contributed by atoms with E-state index in [1.54, 1.807) is 24.4 Å². The number of benzene rings is 2. The zero-order valence-electron chi connectivity index (χ0n) is 10.1. The Labute approximate surface area is 133 Å². The van der Waals surface area contributed by atoms with E-state index in [-0.39, 0.29) is 5.78 Å². The molecule has 2 aromatic carbocycles. The molecule has 5 heteroatoms. The number of ketones is 1. The number of H-pyrrole nitrogens is 1. The Morgan fingerprint density at radius 2 is 1.90 bits per heavy atom. The summed E-state index contributed by atoms with van der Waals surface area (Å²) >= 11 is 15.4. The van der Waals surface area contributed by atoms with Gasteiger partial charge in [-0.05, 0) is 30.3 Å². The highest BCUT2D eigenvalue weighted by atomic mass is 79.9. The molecule has 1 heterocycles. The van der Waals surface area contributed by atoms with Crippen LogP contribution in [0.25, 0.3) is 10.9 Å². The van der Waals surface area contributed by atoms with Gasteiger partial charge in [0, 0.05) is 37.7 Å². The van der Waals surface area contributed by atoms with Crippen LogP contribution in [0.3, 0.4) is 0 Å². The van der Waals surface area contributed by atoms with Gasteiger partial charge in [0.15, 0.2) is 5.78 Å². The van der Waals surface area contributed by atoms with Crippen molar-refractivity contribution in [3.63, 3.8) is 0 Å². The fourth-order valence-corrected chi connectivity index (χ4v) is 3.21. The van der Waals surface area contributed by atoms with Crippen LogP contribution >= 0.6 is 39.1 Å². The highest BCUT2D eigenvalue weighted by molar-refractivity contribution is 9.10. The van der Waals surface area contributed by atoms with Crippen LogP contribution in [0.4, 0.5) is 0 Å². The molecule has 0 aliphatic carbocycles. The Bertz CT molecular complexity index is 826. The summed E-state index contributed by atoms with van der Waals surface area (Å²) in [6, 6.07) is 10.6. The molecule has 0 fully saturated rings. The lowest BCUT2D eigenvalue weighted by molar-refractivity contribution is 0.104. The molecule has 0 aliphatic rings. The third-order valence-electron chi connectivity index (χ3n) is 3.08. The number of nitrogens with one attached hydrogen (secondary N) is 1. The van der Waals surface area contributed by atoms with Crippen LogP contribution in [-0.2, 0) is 0 Å². The van der Waals surface area contributed by atoms with E-state index >= 15 is 0 Å². The van der Waals surface area contributed by atoms with Gasteiger partial charge in [0.2, 0.25) is 0 Å². The molecule has 0 atom stereocenters. The average molecular weight is 369 g/mol. The van der Waals surface area contributed by atoms with E-state index in [4.69, 9.17) is 23.2 Å². The highest BCUT2D eigenvalue weighted by Gasteiger charge is 2.18. The predicted octanol–water partition coefficient (Wildman–Crippen LogP) is 5.47. The number of rotatable bonds is 2. The van der Waals surface area contributed by atoms with Crippen molar-refractivity contribution < 1.29 is 4.79 Å². The van der Waals surface area contributed by atoms with Gasteiger partial charge >= 0.3 is 0 Å². The lowest BCUT2D eigenvalue weighted by Crippen LogP contribution is -2.01. The molecule has 0 radical (unpaired) electrons. The molecule has 0 saturated carbocycles. The molecular weight excluding hydrogens is 361 g/mol. The van der Waals surface area contributed by atoms with Crippen molar-refractivity contribution in [3.8, 4) is 0 Å². The van der Waals surface area contributed by atoms with Crippen LogP contribution in [0, 0.1) is 0 Å². The van der Waals surface area contributed by atoms with Crippen molar-refractivity contribution >= 4 is 55.8 Å². The normalized spacial score (nSPS) is 10.9. The van der Waals surface area contributed by atoms with E-state index in [1.807, 2.05) is 18.2 Å². The van der Waals surface area contributed by atoms with E-state index in [9.17, 15) is 4.79 Å². The number of aromatic nitrogens is 1. The van der Waals surface area contributed by atoms with Crippen LogP contribution in [0.1, 0.15) is 15.9 Å². The van der Waals surface area contributed by atoms with Gasteiger partial charge in [-0.25, -0.2) is 0 Å². The monoisotopic (exact) mass is 367 g/mol. The molecule has 1 aromatic heterocycles. The molecule has 0 bridgehead atoms. The van der Waals surface area contributed by atoms with Crippen molar-refractivity contribution in [1.82, 2.24) is 4.98 Å². The Morgan fingerprint density at radius 1 is 1.10 bits per heavy atom. The minimum Gasteiger partial charge on any atom is -0.360 e. The standard InChI is InChI=1S/C15H8BrCl2NO/c16-11-2-1-3-13-14(11)10(7-19-13)15(20)9-5-4-8(17)6-12(9)18/h1-7,19H. The molecule has 20 heavy (non-hydrogen) atoms. The number of hydrogen-bond acceptors (Lipinski definition) is 1. The number of aromatic amines is 1. The number of hydrogen-bond donors (Lipinski definition) is 1. The fraction of sp³-hybridized carbons (Fsp3) is 0. The smallest absolute Gasteiger partial charge is 0.196 e. The topological polar surface area (TPSA) is 32.9 Å². The summed E-state index contributed by atoms with van der Waals surface area (Å²) in [5, 5.41) is 1.71. The minimum atomic E-state index is -0.134. The summed E-state index contributed by atoms with van der Waals surface area (Å²) in [4.78, 5) is 15.7. The van der Waals surface area contributed by atoms with Crippen molar-refractivity contribution in [3.05, 3.63) is 68.2 Å². The van der Waals surface area contributed by atoms with Crippen LogP contribution in [0.15, 0.2) is 47.1 Å². The first-order valence-corrected chi connectivity index (χ1v) is 7.38. The first-order valence-electron chi connectivity index (χ1n) is 5.83. The van der Waals surface area contributed by atoms with E-state index in [0.29, 0.717) is 21.2 Å². The largest absolute Gasteiger partial charge is 0.360 e. The third kappa shape index (κ3) is 2.26. The summed E-state index contributed by atoms with van der Waals surface area (Å²) in [7, 11) is 0. The average Bonchev–Trinajstić information content (AvgIpc) is 2.83. The Kier molecular flexibility index (Phi) is 3.59. The molecule has 0 amide bonds. The van der Waals surface area contributed by atoms with Gasteiger partial charge < -0.3 is 4.98 Å². The second-order valence-corrected chi connectivity index (χ2v) is 6.02. The van der Waals surface area contributed by atoms with Crippen LogP contribution < -0.4 is 0 Å². The third-order valence-corrected chi connectivity index (χ3v) is 4.28. The number of halogens is 3. The summed E-state index contributed by atoms with van der Waals surface area (Å²) in [5.41, 5.74) is 1.91. The molecule has 0 aliphatic heterocycles. The molecule has 3 rings (SSSR count). The van der Waals surface area contributed by atoms with E-state index < -0.39 is 0 Å². The lowest BCUT2D eigenvalue weighted by atomic mass is 10.0. The maximum absolute atomic E-state index is 12.6. The van der Waals surface area contributed by atoms with Gasteiger partial charge in [0.25, 0.3) is 0 Å². The molecular formula is C15H8BrCl2NO. The quantitative estimate of drug-likeness (QED) is 0.598. The first kappa shape index (κ1) is 13.7. The van der Waals surface area contributed by atoms with Crippen molar-refractivity contribution in [2.45, 2.75) is 0 Å². The molecule has 1 N–H and O–H groups in total. The van der Waals surface area contributed by atoms with Gasteiger partial charge in [0.1, 0.15) is 0 Å². The van der Waals surface area contributed by atoms with Gasteiger partial charge in [-0.1, -0.05) is 45.2 Å². The van der Waals surface area contributed by atoms with Gasteiger partial charge in [0.05, 0.1) is 5.02 Å². The van der Waals surface area contributed by atoms with Gasteiger partial charge in [-0.2, -0.15) is 0 Å². The van der Waals surface area contributed by atoms with Crippen LogP contribution in [0.2, 0.25) is 10.0 Å². The van der Waals surface area contributed by atoms with E-state index in [0.717, 1.165) is 15.4 Å². The Morgan fingerprint density at radius 3 is 2.65 bits per heavy atom. The number of carbonyl (C=O) groups is 1. The molecule has 0 unspecified atom stereocenters. The van der Waals surface area contributed by atoms with Crippen LogP contribution in [0.5, 0.6) is 0 Å². The second-order valence-electron chi connectivity index (χ2n) is 4.32. The van der Waals surface area contributed by atoms with Crippen molar-refractivity contribution in [2.75, 3.05) is 0 Å². The van der Waals surface area contributed by atoms with Gasteiger partial charge in [-0.15, -0.1) is 0 Å². The summed E-state index contributed by atoms with van der Waals surface area (Å²) in [5.74, 6) is -0.134. The number of carbonyl (C=O) groups excluding carboxylic acids is 1. The minimum absolute atomic E-state index is 0.134. The lowest BCUT2D eigenvalue weighted by Gasteiger charge is -2.04. The second kappa shape index (κ2) is 5.24. The maximum Gasteiger partial charge on any atom is 0.196 e. The summed E-state index contributed by atoms with van der Waals surface area (Å²) in [6.45, 7) is 0. The predicted molar refractivity (Wildman–Crippen MR) is 85.9 cm³/mol. The van der Waals surface area contributed by atoms with E-state index in [1.165, 1.54) is 0 Å². The van der Waals surface area contributed by atoms with Crippen molar-refractivity contribution in [1.29, 1.82) is 0 Å². The maximum atomic E-state index is 12.6. The number of fused-ring (bicyclic) bond motifs is 1. The molecule has 2 nitrogen and oxygen atoms in total. The summed E-state index contributed by atoms with van der Waals surface area (Å²) in [6.07, 6.45) is 1.70. The van der Waals surface area contributed by atoms with Crippen LogP contribution in [-0.4, -0.2) is 10.8 Å². The van der Waals surface area contributed by atoms with Crippen molar-refractivity contribution in [2.24, 2.45) is 0 Å². The molecule has 100 valence electrons. The highest BCUT2D eigenvalue weighted by Crippen LogP contribution is 2.30. The first-order chi connectivity index (χ1) is 9.58. The zero-order chi connectivity index (χ0) is 14.3. The Hall–Kier alpha value is -1.29. The van der Waals surface area contributed by atoms with Gasteiger partial charge in [-0.3, -0.25) is 4.79 Å². The molecule has 0 spiro atoms. The molecule has 0 saturated heterocycles. The fourth-order valence-electron chi connectivity index (χ4n) is 2.14. The molecule has 3 aromatic rings. The summed E-state index contributed by atoms with van der Waals surface area (Å²) < 4.78 is 0.865. The van der Waals surface area contributed by atoms with E-state index in [2.05, 4.69) is 20.9 Å².